The van der Waals surface area contributed by atoms with Gasteiger partial charge in [0.2, 0.25) is 17.7 Å². The maximum absolute atomic E-state index is 14.1. The summed E-state index contributed by atoms with van der Waals surface area (Å²) in [6.45, 7) is 10.3. The van der Waals surface area contributed by atoms with Crippen LogP contribution in [-0.2, 0) is 60.9 Å². The van der Waals surface area contributed by atoms with Crippen molar-refractivity contribution in [2.75, 3.05) is 138 Å². The molecule has 1 unspecified atom stereocenters. The van der Waals surface area contributed by atoms with Gasteiger partial charge in [0.15, 0.2) is 5.13 Å². The number of aryl methyl sites for hydroxylation is 1. The van der Waals surface area contributed by atoms with Crippen LogP contribution >= 0.6 is 11.3 Å². The van der Waals surface area contributed by atoms with Gasteiger partial charge in [0.1, 0.15) is 35.6 Å². The Morgan fingerprint density at radius 1 is 0.678 bits per heavy atom. The van der Waals surface area contributed by atoms with E-state index in [0.717, 1.165) is 85.7 Å². The number of amides is 5. The number of ether oxygens (including phenoxy) is 7. The van der Waals surface area contributed by atoms with E-state index in [9.17, 15) is 19.2 Å². The van der Waals surface area contributed by atoms with Gasteiger partial charge in [0.05, 0.1) is 84.8 Å². The number of carbonyl (C=O) groups is 4. The number of aromatic nitrogens is 4. The molecule has 1 atom stereocenters. The number of likely N-dealkylation sites (N-methyl/N-ethyl adjacent to an activating group) is 2. The Bertz CT molecular complexity index is 3010. The van der Waals surface area contributed by atoms with Crippen molar-refractivity contribution < 1.29 is 52.3 Å². The van der Waals surface area contributed by atoms with E-state index in [2.05, 4.69) is 48.1 Å². The highest BCUT2D eigenvalue weighted by molar-refractivity contribution is 7.14. The molecule has 2 aliphatic rings. The highest BCUT2D eigenvalue weighted by Crippen LogP contribution is 2.34. The van der Waals surface area contributed by atoms with Crippen LogP contribution in [0.1, 0.15) is 66.2 Å². The molecule has 2 aromatic heterocycles. The second-order valence-corrected chi connectivity index (χ2v) is 22.6. The van der Waals surface area contributed by atoms with E-state index in [4.69, 9.17) is 33.2 Å². The minimum atomic E-state index is -0.780. The summed E-state index contributed by atoms with van der Waals surface area (Å²) in [6, 6.07) is 28.8. The maximum Gasteiger partial charge on any atom is 0.325 e. The van der Waals surface area contributed by atoms with Crippen LogP contribution < -0.4 is 34.9 Å². The summed E-state index contributed by atoms with van der Waals surface area (Å²) < 4.78 is 41.7. The number of hydrogen-bond donors (Lipinski definition) is 3. The Morgan fingerprint density at radius 3 is 2.03 bits per heavy atom. The summed E-state index contributed by atoms with van der Waals surface area (Å²) in [7, 11) is 7.37. The lowest BCUT2D eigenvalue weighted by molar-refractivity contribution is -0.141. The summed E-state index contributed by atoms with van der Waals surface area (Å²) in [5, 5.41) is 19.3. The van der Waals surface area contributed by atoms with E-state index in [1.807, 2.05) is 90.9 Å². The zero-order chi connectivity index (χ0) is 61.0. The topological polar surface area (TPSA) is 226 Å². The van der Waals surface area contributed by atoms with Gasteiger partial charge >= 0.3 is 6.03 Å². The molecule has 1 saturated carbocycles. The van der Waals surface area contributed by atoms with Crippen molar-refractivity contribution >= 4 is 45.9 Å². The number of thiazole rings is 1. The van der Waals surface area contributed by atoms with Crippen LogP contribution in [0.5, 0.6) is 23.0 Å². The Hall–Kier alpha value is -7.67. The molecule has 6 aromatic rings. The Morgan fingerprint density at radius 2 is 1.32 bits per heavy atom. The molecule has 22 nitrogen and oxygen atoms in total. The number of anilines is 2. The van der Waals surface area contributed by atoms with Gasteiger partial charge < -0.3 is 63.4 Å². The lowest BCUT2D eigenvalue weighted by Gasteiger charge is -2.32. The highest BCUT2D eigenvalue weighted by atomic mass is 32.1. The van der Waals surface area contributed by atoms with Crippen LogP contribution in [0.4, 0.5) is 15.6 Å². The standard InChI is InChI=1S/C64H85N11O11S/c1-71(28-5-6-35-85-57-20-9-48(10-21-57)13-26-59(76)75(45-50-7-8-50)61(51-14-22-56(81-4)23-15-51)62(78)65-44-49-11-18-55(80-3)19-12-49)33-37-83-40-39-82-36-27-53-46-74(70-69-53)34-38-84-41-42-86-58-24-16-52(17-25-58)66-63(79)68-64-67-54(47-87-64)43-60(77)73-31-29-72(2)30-32-73/h9-12,14-25,46-47,50,61H,5-8,13,26-45H2,1-4H3,(H,65,78)(H2,66,67,68,79). The van der Waals surface area contributed by atoms with Gasteiger partial charge in [-0.1, -0.05) is 41.6 Å². The second-order valence-electron chi connectivity index (χ2n) is 21.8. The van der Waals surface area contributed by atoms with Gasteiger partial charge in [0, 0.05) is 75.9 Å². The van der Waals surface area contributed by atoms with Crippen molar-refractivity contribution in [2.45, 2.75) is 70.5 Å². The first-order valence-corrected chi connectivity index (χ1v) is 30.9. The summed E-state index contributed by atoms with van der Waals surface area (Å²) in [5.41, 5.74) is 4.78. The van der Waals surface area contributed by atoms with Crippen molar-refractivity contribution in [3.8, 4) is 23.0 Å². The molecule has 468 valence electrons. The first kappa shape index (κ1) is 65.3. The highest BCUT2D eigenvalue weighted by Gasteiger charge is 2.36. The molecule has 1 aliphatic carbocycles. The molecule has 3 heterocycles. The van der Waals surface area contributed by atoms with Gasteiger partial charge in [-0.05, 0) is 136 Å². The van der Waals surface area contributed by atoms with Gasteiger partial charge in [-0.2, -0.15) is 0 Å². The summed E-state index contributed by atoms with van der Waals surface area (Å²) >= 11 is 1.28. The van der Waals surface area contributed by atoms with E-state index in [0.29, 0.717) is 132 Å². The fourth-order valence-corrected chi connectivity index (χ4v) is 10.3. The van der Waals surface area contributed by atoms with Crippen LogP contribution in [0.15, 0.2) is 109 Å². The monoisotopic (exact) mass is 1220 g/mol. The first-order chi connectivity index (χ1) is 42.5. The van der Waals surface area contributed by atoms with Crippen molar-refractivity contribution in [2.24, 2.45) is 5.92 Å². The zero-order valence-corrected chi connectivity index (χ0v) is 51.5. The molecule has 1 saturated heterocycles. The molecule has 3 N–H and O–H groups in total. The number of unbranched alkanes of at least 4 members (excludes halogenated alkanes) is 1. The fraction of sp³-hybridized carbons (Fsp3) is 0.484. The Balaban J connectivity index is 0.610. The lowest BCUT2D eigenvalue weighted by atomic mass is 10.0. The van der Waals surface area contributed by atoms with Crippen molar-refractivity contribution in [1.82, 2.24) is 44.9 Å². The van der Waals surface area contributed by atoms with E-state index < -0.39 is 12.1 Å². The third kappa shape index (κ3) is 22.8. The summed E-state index contributed by atoms with van der Waals surface area (Å²) in [6.07, 6.45) is 7.57. The maximum atomic E-state index is 14.1. The molecule has 87 heavy (non-hydrogen) atoms. The molecule has 2 fully saturated rings. The number of benzene rings is 4. The Labute approximate surface area is 514 Å². The number of nitrogens with one attached hydrogen (secondary N) is 3. The lowest BCUT2D eigenvalue weighted by Crippen LogP contribution is -2.47. The number of piperazine rings is 1. The van der Waals surface area contributed by atoms with E-state index in [1.54, 1.807) is 53.4 Å². The molecule has 0 spiro atoms. The van der Waals surface area contributed by atoms with Gasteiger partial charge in [-0.15, -0.1) is 16.4 Å². The number of hydrogen-bond acceptors (Lipinski definition) is 17. The van der Waals surface area contributed by atoms with Crippen molar-refractivity contribution in [1.29, 1.82) is 0 Å². The van der Waals surface area contributed by atoms with Crippen LogP contribution in [0, 0.1) is 5.92 Å². The zero-order valence-electron chi connectivity index (χ0n) is 50.7. The van der Waals surface area contributed by atoms with Gasteiger partial charge in [-0.3, -0.25) is 19.7 Å². The predicted octanol–water partition coefficient (Wildman–Crippen LogP) is 7.40. The molecular formula is C64H85N11O11S. The van der Waals surface area contributed by atoms with E-state index in [1.165, 1.54) is 11.3 Å². The number of rotatable bonds is 38. The summed E-state index contributed by atoms with van der Waals surface area (Å²) in [5.74, 6) is 3.02. The van der Waals surface area contributed by atoms with Crippen LogP contribution in [0.2, 0.25) is 0 Å². The van der Waals surface area contributed by atoms with E-state index >= 15 is 0 Å². The number of urea groups is 1. The first-order valence-electron chi connectivity index (χ1n) is 30.0. The molecule has 23 heteroatoms. The molecule has 8 rings (SSSR count). The number of nitrogens with zero attached hydrogens (tertiary/aromatic N) is 8. The molecular weight excluding hydrogens is 1130 g/mol. The number of carbonyl (C=O) groups excluding carboxylic acids is 4. The van der Waals surface area contributed by atoms with Gasteiger partial charge in [0.25, 0.3) is 0 Å². The molecule has 4 aromatic carbocycles. The SMILES string of the molecule is COc1ccc(CNC(=O)C(c2ccc(OC)cc2)N(CC2CC2)C(=O)CCc2ccc(OCCCCN(C)CCOCCOCCc3cn(CCOCCOc4ccc(NC(=O)Nc5nc(CC(=O)N6CCN(C)CC6)cs5)cc4)nn3)cc2)cc1. The number of methoxy groups -OCH3 is 2. The fourth-order valence-electron chi connectivity index (χ4n) is 9.57. The molecule has 1 aliphatic heterocycles. The molecule has 0 radical (unpaired) electrons. The average Bonchev–Trinajstić information content (AvgIpc) is 3.50. The van der Waals surface area contributed by atoms with Gasteiger partial charge in [-0.25, -0.2) is 14.5 Å². The summed E-state index contributed by atoms with van der Waals surface area (Å²) in [4.78, 5) is 65.9. The minimum absolute atomic E-state index is 0.0464. The van der Waals surface area contributed by atoms with Crippen LogP contribution in [-0.4, -0.2) is 190 Å². The third-order valence-corrected chi connectivity index (χ3v) is 15.8. The van der Waals surface area contributed by atoms with Crippen molar-refractivity contribution in [3.05, 3.63) is 137 Å². The quantitative estimate of drug-likeness (QED) is 0.0321. The van der Waals surface area contributed by atoms with Crippen LogP contribution in [0.25, 0.3) is 0 Å². The predicted molar refractivity (Wildman–Crippen MR) is 333 cm³/mol. The second kappa shape index (κ2) is 35.2. The molecule has 0 bridgehead atoms. The Kier molecular flexibility index (Phi) is 26.4. The minimum Gasteiger partial charge on any atom is -0.497 e. The van der Waals surface area contributed by atoms with Crippen LogP contribution in [0.3, 0.4) is 0 Å². The largest absolute Gasteiger partial charge is 0.497 e. The normalized spacial score (nSPS) is 13.7. The third-order valence-electron chi connectivity index (χ3n) is 15.0. The van der Waals surface area contributed by atoms with Crippen molar-refractivity contribution in [3.63, 3.8) is 0 Å². The van der Waals surface area contributed by atoms with E-state index in [-0.39, 0.29) is 30.6 Å². The molecule has 5 amide bonds. The average molecular weight is 1220 g/mol. The smallest absolute Gasteiger partial charge is 0.325 e.